The van der Waals surface area contributed by atoms with Crippen LogP contribution in [0.2, 0.25) is 0 Å². The van der Waals surface area contributed by atoms with Crippen LogP contribution in [-0.4, -0.2) is 64.9 Å². The summed E-state index contributed by atoms with van der Waals surface area (Å²) in [5.41, 5.74) is 5.57. The van der Waals surface area contributed by atoms with Gasteiger partial charge in [-0.1, -0.05) is 30.3 Å². The molecule has 0 radical (unpaired) electrons. The predicted octanol–water partition coefficient (Wildman–Crippen LogP) is 5.77. The number of H-pyrrole nitrogens is 1. The minimum atomic E-state index is -0.164. The highest BCUT2D eigenvalue weighted by molar-refractivity contribution is 6.19. The third-order valence-corrected chi connectivity index (χ3v) is 7.84. The van der Waals surface area contributed by atoms with Crippen molar-refractivity contribution in [2.45, 2.75) is 12.8 Å². The summed E-state index contributed by atoms with van der Waals surface area (Å²) in [5, 5.41) is 21.4. The number of benzene rings is 4. The third kappa shape index (κ3) is 5.10. The van der Waals surface area contributed by atoms with E-state index in [4.69, 9.17) is 31.2 Å². The van der Waals surface area contributed by atoms with Crippen LogP contribution in [0, 0.1) is 6.92 Å². The number of imidazole rings is 1. The van der Waals surface area contributed by atoms with Gasteiger partial charge in [-0.3, -0.25) is 4.79 Å². The minimum Gasteiger partial charge on any atom is -0.507 e. The van der Waals surface area contributed by atoms with Crippen molar-refractivity contribution < 1.29 is 24.5 Å². The molecule has 8 nitrogen and oxygen atoms in total. The van der Waals surface area contributed by atoms with Crippen LogP contribution in [0.1, 0.15) is 27.4 Å². The van der Waals surface area contributed by atoms with Crippen LogP contribution in [0.15, 0.2) is 66.7 Å². The second kappa shape index (κ2) is 11.4. The van der Waals surface area contributed by atoms with Gasteiger partial charge in [0.1, 0.15) is 23.9 Å². The molecule has 4 aromatic carbocycles. The Balaban J connectivity index is 1.28. The molecule has 0 spiro atoms. The van der Waals surface area contributed by atoms with Gasteiger partial charge in [0.05, 0.1) is 36.5 Å². The number of ether oxygens (including phenoxy) is 2. The van der Waals surface area contributed by atoms with Crippen LogP contribution in [0.4, 0.5) is 5.69 Å². The van der Waals surface area contributed by atoms with Crippen molar-refractivity contribution in [3.05, 3.63) is 83.4 Å². The van der Waals surface area contributed by atoms with Crippen LogP contribution in [0.25, 0.3) is 33.2 Å². The van der Waals surface area contributed by atoms with Crippen molar-refractivity contribution in [3.8, 4) is 22.9 Å². The zero-order chi connectivity index (χ0) is 28.5. The Morgan fingerprint density at radius 1 is 1.10 bits per heavy atom. The van der Waals surface area contributed by atoms with E-state index in [0.29, 0.717) is 48.5 Å². The van der Waals surface area contributed by atoms with Gasteiger partial charge in [0, 0.05) is 40.9 Å². The van der Waals surface area contributed by atoms with Crippen molar-refractivity contribution in [2.24, 2.45) is 0 Å². The highest BCUT2D eigenvalue weighted by Crippen LogP contribution is 2.46. The van der Waals surface area contributed by atoms with Crippen LogP contribution in [0.5, 0.6) is 11.5 Å². The monoisotopic (exact) mass is 571 g/mol. The molecule has 1 aromatic heterocycles. The number of aliphatic hydroxyl groups is 1. The number of anilines is 1. The second-order valence-corrected chi connectivity index (χ2v) is 10.4. The molecule has 0 fully saturated rings. The van der Waals surface area contributed by atoms with E-state index in [1.807, 2.05) is 61.5 Å². The highest BCUT2D eigenvalue weighted by Gasteiger charge is 2.35. The average Bonchev–Trinajstić information content (AvgIpc) is 3.58. The summed E-state index contributed by atoms with van der Waals surface area (Å²) in [5.74, 6) is 1.65. The Morgan fingerprint density at radius 3 is 2.78 bits per heavy atom. The summed E-state index contributed by atoms with van der Waals surface area (Å²) in [7, 11) is 0. The molecule has 5 aromatic rings. The van der Waals surface area contributed by atoms with Crippen molar-refractivity contribution in [1.82, 2.24) is 9.97 Å². The first-order chi connectivity index (χ1) is 20.0. The van der Waals surface area contributed by atoms with Crippen molar-refractivity contribution in [3.63, 3.8) is 0 Å². The number of phenols is 1. The number of phenolic OH excluding ortho intramolecular Hbond substituents is 1. The largest absolute Gasteiger partial charge is 0.507 e. The molecule has 210 valence electrons. The highest BCUT2D eigenvalue weighted by atomic mass is 35.5. The Morgan fingerprint density at radius 2 is 1.95 bits per heavy atom. The summed E-state index contributed by atoms with van der Waals surface area (Å²) in [6.45, 7) is 3.46. The molecular weight excluding hydrogens is 542 g/mol. The van der Waals surface area contributed by atoms with Crippen molar-refractivity contribution >= 4 is 45.0 Å². The summed E-state index contributed by atoms with van der Waals surface area (Å²) >= 11 is 6.40. The van der Waals surface area contributed by atoms with Crippen molar-refractivity contribution in [1.29, 1.82) is 0 Å². The van der Waals surface area contributed by atoms with Gasteiger partial charge < -0.3 is 29.6 Å². The molecule has 0 aliphatic carbocycles. The van der Waals surface area contributed by atoms with E-state index in [1.165, 1.54) is 0 Å². The number of amides is 1. The third-order valence-electron chi connectivity index (χ3n) is 7.47. The molecule has 1 atom stereocenters. The Labute approximate surface area is 242 Å². The maximum atomic E-state index is 13.9. The lowest BCUT2D eigenvalue weighted by molar-refractivity contribution is 0.0705. The van der Waals surface area contributed by atoms with E-state index in [2.05, 4.69) is 4.98 Å². The van der Waals surface area contributed by atoms with E-state index < -0.39 is 0 Å². The molecule has 41 heavy (non-hydrogen) atoms. The van der Waals surface area contributed by atoms with E-state index in [1.54, 1.807) is 17.0 Å². The fraction of sp³-hybridized carbons (Fsp3) is 0.250. The fourth-order valence-corrected chi connectivity index (χ4v) is 5.82. The lowest BCUT2D eigenvalue weighted by atomic mass is 9.92. The van der Waals surface area contributed by atoms with Gasteiger partial charge in [-0.05, 0) is 53.8 Å². The topological polar surface area (TPSA) is 108 Å². The normalized spacial score (nSPS) is 14.6. The number of alkyl halides is 1. The Kier molecular flexibility index (Phi) is 7.53. The maximum Gasteiger partial charge on any atom is 0.258 e. The number of aromatic amines is 1. The summed E-state index contributed by atoms with van der Waals surface area (Å²) in [6.07, 6.45) is 0. The molecule has 1 aliphatic heterocycles. The van der Waals surface area contributed by atoms with Gasteiger partial charge in [-0.15, -0.1) is 11.6 Å². The smallest absolute Gasteiger partial charge is 0.258 e. The number of nitrogens with zero attached hydrogens (tertiary/aromatic N) is 2. The summed E-state index contributed by atoms with van der Waals surface area (Å²) in [4.78, 5) is 23.6. The van der Waals surface area contributed by atoms with E-state index in [-0.39, 0.29) is 30.8 Å². The van der Waals surface area contributed by atoms with Gasteiger partial charge >= 0.3 is 0 Å². The molecule has 1 amide bonds. The Hall–Kier alpha value is -4.11. The molecular formula is C32H30ClN3O5. The fourth-order valence-electron chi connectivity index (χ4n) is 5.57. The number of halogens is 1. The number of nitrogens with one attached hydrogen (secondary N) is 1. The lowest BCUT2D eigenvalue weighted by Crippen LogP contribution is -2.30. The molecule has 9 heteroatoms. The molecule has 1 aliphatic rings. The molecule has 0 saturated heterocycles. The second-order valence-electron chi connectivity index (χ2n) is 10.1. The molecule has 6 rings (SSSR count). The number of carbonyl (C=O) groups is 1. The number of aromatic hydroxyl groups is 1. The number of aromatic nitrogens is 2. The predicted molar refractivity (Wildman–Crippen MR) is 160 cm³/mol. The number of rotatable bonds is 9. The first-order valence-corrected chi connectivity index (χ1v) is 14.1. The molecule has 0 unspecified atom stereocenters. The van der Waals surface area contributed by atoms with E-state index in [0.717, 1.165) is 38.5 Å². The zero-order valence-corrected chi connectivity index (χ0v) is 23.3. The number of aliphatic hydroxyl groups excluding tert-OH is 1. The number of carbonyl (C=O) groups excluding carboxylic acids is 1. The number of aryl methyl sites for hydroxylation is 1. The minimum absolute atomic E-state index is 0.0193. The van der Waals surface area contributed by atoms with Gasteiger partial charge in [0.25, 0.3) is 5.91 Å². The number of hydrogen-bond acceptors (Lipinski definition) is 6. The van der Waals surface area contributed by atoms with E-state index in [9.17, 15) is 9.90 Å². The zero-order valence-electron chi connectivity index (χ0n) is 22.6. The first kappa shape index (κ1) is 27.1. The van der Waals surface area contributed by atoms with Gasteiger partial charge in [-0.25, -0.2) is 4.98 Å². The number of hydrogen-bond donors (Lipinski definition) is 3. The van der Waals surface area contributed by atoms with Gasteiger partial charge in [-0.2, -0.15) is 0 Å². The quantitative estimate of drug-likeness (QED) is 0.153. The van der Waals surface area contributed by atoms with E-state index >= 15 is 0 Å². The summed E-state index contributed by atoms with van der Waals surface area (Å²) in [6, 6.07) is 20.5. The average molecular weight is 572 g/mol. The van der Waals surface area contributed by atoms with Crippen LogP contribution in [0.3, 0.4) is 0 Å². The molecule has 0 saturated carbocycles. The molecule has 0 bridgehead atoms. The van der Waals surface area contributed by atoms with Crippen LogP contribution >= 0.6 is 11.6 Å². The SMILES string of the molecule is Cc1cccc2c(O)cc3c(c12)[C@H](CCl)CN3C(=O)c1ccc2nc(-c3cccc(OCCOCCO)c3)[nH]c2c1. The van der Waals surface area contributed by atoms with Gasteiger partial charge in [0.2, 0.25) is 0 Å². The Bertz CT molecular complexity index is 1750. The lowest BCUT2D eigenvalue weighted by Gasteiger charge is -2.19. The van der Waals surface area contributed by atoms with Gasteiger partial charge in [0.15, 0.2) is 0 Å². The van der Waals surface area contributed by atoms with Crippen LogP contribution < -0.4 is 9.64 Å². The standard InChI is InChI=1S/C32H30ClN3O5/c1-19-4-2-7-24-28(38)16-27-30(29(19)24)22(17-33)18-36(27)32(39)21-8-9-25-26(15-21)35-31(34-25)20-5-3-6-23(14-20)41-13-12-40-11-10-37/h2-9,14-16,22,37-38H,10-13,17-18H2,1H3,(H,34,35)/t22-/m1/s1. The number of fused-ring (bicyclic) bond motifs is 4. The van der Waals surface area contributed by atoms with Crippen LogP contribution in [-0.2, 0) is 4.74 Å². The maximum absolute atomic E-state index is 13.9. The first-order valence-electron chi connectivity index (χ1n) is 13.5. The molecule has 3 N–H and O–H groups in total. The molecule has 2 heterocycles. The van der Waals surface area contributed by atoms with Crippen molar-refractivity contribution in [2.75, 3.05) is 43.8 Å². The summed E-state index contributed by atoms with van der Waals surface area (Å²) < 4.78 is 11.0.